The molecule has 1 heterocycles. The zero-order valence-electron chi connectivity index (χ0n) is 25.3. The van der Waals surface area contributed by atoms with E-state index in [0.717, 1.165) is 30.8 Å². The van der Waals surface area contributed by atoms with Gasteiger partial charge in [0.1, 0.15) is 0 Å². The average molecular weight is 565 g/mol. The Morgan fingerprint density at radius 2 is 1.51 bits per heavy atom. The second-order valence-electron chi connectivity index (χ2n) is 13.0. The third-order valence-electron chi connectivity index (χ3n) is 10.4. The number of allylic oxidation sites excluding steroid dienone is 2. The Morgan fingerprint density at radius 3 is 2.17 bits per heavy atom. The first kappa shape index (κ1) is 30.3. The monoisotopic (exact) mass is 564 g/mol. The number of hydrogen-bond acceptors (Lipinski definition) is 2. The van der Waals surface area contributed by atoms with Crippen molar-refractivity contribution in [1.82, 2.24) is 0 Å². The molecule has 4 heteroatoms. The fourth-order valence-corrected chi connectivity index (χ4v) is 7.82. The lowest BCUT2D eigenvalue weighted by atomic mass is 9.71. The second kappa shape index (κ2) is 14.8. The van der Waals surface area contributed by atoms with Crippen LogP contribution in [0.15, 0.2) is 48.6 Å². The zero-order valence-corrected chi connectivity index (χ0v) is 25.3. The van der Waals surface area contributed by atoms with Crippen LogP contribution in [0.1, 0.15) is 109 Å². The maximum absolute atomic E-state index is 14.8. The van der Waals surface area contributed by atoms with E-state index in [9.17, 15) is 8.78 Å². The average Bonchev–Trinajstić information content (AvgIpc) is 3.03. The molecule has 1 saturated heterocycles. The SMILES string of the molecule is CC=CCCC1CCC(C2CCC(C3CCC(c4ccc(-c5ccc(OCCC)c(F)c5F)cc4)CC3)CO2)CC1. The van der Waals surface area contributed by atoms with Crippen molar-refractivity contribution in [2.45, 2.75) is 109 Å². The van der Waals surface area contributed by atoms with Crippen LogP contribution < -0.4 is 4.74 Å². The molecule has 41 heavy (non-hydrogen) atoms. The van der Waals surface area contributed by atoms with Crippen LogP contribution in [-0.4, -0.2) is 19.3 Å². The van der Waals surface area contributed by atoms with Crippen LogP contribution in [0.5, 0.6) is 5.75 Å². The number of hydrogen-bond donors (Lipinski definition) is 0. The minimum Gasteiger partial charge on any atom is -0.490 e. The third-order valence-corrected chi connectivity index (χ3v) is 10.4. The van der Waals surface area contributed by atoms with Gasteiger partial charge in [0.2, 0.25) is 5.82 Å². The molecule has 3 fully saturated rings. The van der Waals surface area contributed by atoms with Gasteiger partial charge < -0.3 is 9.47 Å². The van der Waals surface area contributed by atoms with Crippen molar-refractivity contribution in [3.63, 3.8) is 0 Å². The second-order valence-corrected chi connectivity index (χ2v) is 13.0. The first-order valence-electron chi connectivity index (χ1n) is 16.5. The van der Waals surface area contributed by atoms with Gasteiger partial charge in [-0.3, -0.25) is 0 Å². The van der Waals surface area contributed by atoms with Gasteiger partial charge in [-0.15, -0.1) is 0 Å². The molecule has 0 radical (unpaired) electrons. The minimum atomic E-state index is -0.903. The van der Waals surface area contributed by atoms with Crippen molar-refractivity contribution in [2.24, 2.45) is 23.7 Å². The summed E-state index contributed by atoms with van der Waals surface area (Å²) in [4.78, 5) is 0. The van der Waals surface area contributed by atoms with Gasteiger partial charge in [0.05, 0.1) is 19.3 Å². The van der Waals surface area contributed by atoms with Gasteiger partial charge in [0.15, 0.2) is 11.6 Å². The highest BCUT2D eigenvalue weighted by molar-refractivity contribution is 5.65. The van der Waals surface area contributed by atoms with E-state index in [1.807, 2.05) is 19.1 Å². The maximum Gasteiger partial charge on any atom is 0.201 e. The fourth-order valence-electron chi connectivity index (χ4n) is 7.82. The molecular weight excluding hydrogens is 514 g/mol. The smallest absolute Gasteiger partial charge is 0.201 e. The van der Waals surface area contributed by atoms with Gasteiger partial charge in [-0.25, -0.2) is 4.39 Å². The van der Waals surface area contributed by atoms with E-state index < -0.39 is 11.6 Å². The maximum atomic E-state index is 14.8. The highest BCUT2D eigenvalue weighted by atomic mass is 19.2. The molecule has 2 unspecified atom stereocenters. The number of rotatable bonds is 10. The van der Waals surface area contributed by atoms with Crippen molar-refractivity contribution in [2.75, 3.05) is 13.2 Å². The molecule has 0 aromatic heterocycles. The molecule has 2 aromatic rings. The Bertz CT molecular complexity index is 1100. The van der Waals surface area contributed by atoms with Crippen molar-refractivity contribution in [3.05, 3.63) is 65.7 Å². The molecule has 0 N–H and O–H groups in total. The quantitative estimate of drug-likeness (QED) is 0.267. The topological polar surface area (TPSA) is 18.5 Å². The largest absolute Gasteiger partial charge is 0.490 e. The predicted octanol–water partition coefficient (Wildman–Crippen LogP) is 10.7. The Labute approximate surface area is 246 Å². The number of benzene rings is 2. The van der Waals surface area contributed by atoms with Gasteiger partial charge >= 0.3 is 0 Å². The van der Waals surface area contributed by atoms with Crippen LogP contribution in [-0.2, 0) is 4.74 Å². The lowest BCUT2D eigenvalue weighted by molar-refractivity contribution is -0.0732. The summed E-state index contributed by atoms with van der Waals surface area (Å²) >= 11 is 0. The highest BCUT2D eigenvalue weighted by Crippen LogP contribution is 2.44. The first-order chi connectivity index (χ1) is 20.1. The molecule has 2 saturated carbocycles. The number of ether oxygens (including phenoxy) is 2. The standard InChI is InChI=1S/C37H50F2O2/c1-3-5-6-7-26-8-10-31(11-9-26)34-22-20-32(25-41-34)29-14-12-27(13-15-29)28-16-18-30(19-17-28)33-21-23-35(40-24-4-2)37(39)36(33)38/h3,5,16-19,21,23,26-27,29,31-32,34H,4,6-15,20,22,24-25H2,1-2H3. The zero-order chi connectivity index (χ0) is 28.6. The van der Waals surface area contributed by atoms with Crippen LogP contribution in [0.3, 0.4) is 0 Å². The molecule has 5 rings (SSSR count). The van der Waals surface area contributed by atoms with Gasteiger partial charge in [-0.05, 0) is 130 Å². The number of halogens is 2. The van der Waals surface area contributed by atoms with E-state index in [0.29, 0.717) is 30.1 Å². The van der Waals surface area contributed by atoms with Crippen molar-refractivity contribution < 1.29 is 18.3 Å². The van der Waals surface area contributed by atoms with Gasteiger partial charge in [0.25, 0.3) is 0 Å². The van der Waals surface area contributed by atoms with E-state index in [1.165, 1.54) is 88.7 Å². The third kappa shape index (κ3) is 7.61. The van der Waals surface area contributed by atoms with Crippen LogP contribution >= 0.6 is 0 Å². The molecule has 2 aliphatic carbocycles. The van der Waals surface area contributed by atoms with E-state index in [2.05, 4.69) is 31.2 Å². The predicted molar refractivity (Wildman–Crippen MR) is 164 cm³/mol. The van der Waals surface area contributed by atoms with E-state index in [4.69, 9.17) is 9.47 Å². The Balaban J connectivity index is 1.06. The van der Waals surface area contributed by atoms with Gasteiger partial charge in [-0.1, -0.05) is 56.2 Å². The molecular formula is C37H50F2O2. The summed E-state index contributed by atoms with van der Waals surface area (Å²) in [6.45, 7) is 5.39. The molecule has 2 aromatic carbocycles. The summed E-state index contributed by atoms with van der Waals surface area (Å²) in [5, 5.41) is 0. The summed E-state index contributed by atoms with van der Waals surface area (Å²) in [5.41, 5.74) is 2.31. The van der Waals surface area contributed by atoms with E-state index >= 15 is 0 Å². The van der Waals surface area contributed by atoms with E-state index in [-0.39, 0.29) is 11.3 Å². The molecule has 224 valence electrons. The van der Waals surface area contributed by atoms with Crippen LogP contribution in [0.2, 0.25) is 0 Å². The van der Waals surface area contributed by atoms with Crippen LogP contribution in [0.25, 0.3) is 11.1 Å². The normalized spacial score (nSPS) is 29.1. The molecule has 0 bridgehead atoms. The summed E-state index contributed by atoms with van der Waals surface area (Å²) in [6, 6.07) is 11.3. The first-order valence-corrected chi connectivity index (χ1v) is 16.5. The Morgan fingerprint density at radius 1 is 0.805 bits per heavy atom. The van der Waals surface area contributed by atoms with Gasteiger partial charge in [0, 0.05) is 5.56 Å². The minimum absolute atomic E-state index is 0.0151. The lowest BCUT2D eigenvalue weighted by Crippen LogP contribution is -2.37. The summed E-state index contributed by atoms with van der Waals surface area (Å²) in [6.07, 6.45) is 21.4. The van der Waals surface area contributed by atoms with Crippen molar-refractivity contribution >= 4 is 0 Å². The van der Waals surface area contributed by atoms with Crippen molar-refractivity contribution in [3.8, 4) is 16.9 Å². The van der Waals surface area contributed by atoms with E-state index in [1.54, 1.807) is 6.07 Å². The molecule has 0 spiro atoms. The highest BCUT2D eigenvalue weighted by Gasteiger charge is 2.35. The molecule has 2 nitrogen and oxygen atoms in total. The van der Waals surface area contributed by atoms with Gasteiger partial charge in [-0.2, -0.15) is 4.39 Å². The fraction of sp³-hybridized carbons (Fsp3) is 0.622. The molecule has 2 atom stereocenters. The Kier molecular flexibility index (Phi) is 10.9. The summed E-state index contributed by atoms with van der Waals surface area (Å²) < 4.78 is 41.2. The van der Waals surface area contributed by atoms with Crippen molar-refractivity contribution in [1.29, 1.82) is 0 Å². The van der Waals surface area contributed by atoms with Crippen LogP contribution in [0, 0.1) is 35.3 Å². The summed E-state index contributed by atoms with van der Waals surface area (Å²) in [7, 11) is 0. The van der Waals surface area contributed by atoms with Crippen LogP contribution in [0.4, 0.5) is 8.78 Å². The molecule has 1 aliphatic heterocycles. The summed E-state index contributed by atoms with van der Waals surface area (Å²) in [5.74, 6) is 1.99. The lowest BCUT2D eigenvalue weighted by Gasteiger charge is -2.41. The molecule has 0 amide bonds. The Hall–Kier alpha value is -2.20. The molecule has 3 aliphatic rings.